The summed E-state index contributed by atoms with van der Waals surface area (Å²) in [6.45, 7) is 5.65. The molecular weight excluding hydrogens is 224 g/mol. The summed E-state index contributed by atoms with van der Waals surface area (Å²) < 4.78 is 0. The SMILES string of the molecule is Cc1ncc(NCC2(CN)CCCCC2)nc1C. The molecule has 0 spiro atoms. The molecule has 1 aromatic heterocycles. The van der Waals surface area contributed by atoms with Crippen molar-refractivity contribution in [1.82, 2.24) is 9.97 Å². The minimum atomic E-state index is 0.263. The highest BCUT2D eigenvalue weighted by molar-refractivity contribution is 5.33. The van der Waals surface area contributed by atoms with Gasteiger partial charge >= 0.3 is 0 Å². The Bertz CT molecular complexity index is 397. The lowest BCUT2D eigenvalue weighted by atomic mass is 9.74. The van der Waals surface area contributed by atoms with E-state index in [4.69, 9.17) is 5.73 Å². The van der Waals surface area contributed by atoms with Gasteiger partial charge in [0.1, 0.15) is 5.82 Å². The monoisotopic (exact) mass is 248 g/mol. The Morgan fingerprint density at radius 1 is 1.22 bits per heavy atom. The minimum absolute atomic E-state index is 0.263. The molecule has 2 rings (SSSR count). The third kappa shape index (κ3) is 2.99. The molecule has 100 valence electrons. The zero-order valence-corrected chi connectivity index (χ0v) is 11.5. The summed E-state index contributed by atoms with van der Waals surface area (Å²) in [5, 5.41) is 3.42. The highest BCUT2D eigenvalue weighted by atomic mass is 15.0. The Hall–Kier alpha value is -1.16. The molecule has 0 bridgehead atoms. The molecule has 4 heteroatoms. The molecule has 0 unspecified atom stereocenters. The lowest BCUT2D eigenvalue weighted by Gasteiger charge is -2.36. The highest BCUT2D eigenvalue weighted by Crippen LogP contribution is 2.35. The topological polar surface area (TPSA) is 63.8 Å². The summed E-state index contributed by atoms with van der Waals surface area (Å²) in [6, 6.07) is 0. The van der Waals surface area contributed by atoms with Crippen LogP contribution in [0, 0.1) is 19.3 Å². The van der Waals surface area contributed by atoms with Gasteiger partial charge in [-0.25, -0.2) is 4.98 Å². The predicted octanol–water partition coefficient (Wildman–Crippen LogP) is 2.41. The fourth-order valence-electron chi connectivity index (χ4n) is 2.66. The van der Waals surface area contributed by atoms with E-state index >= 15 is 0 Å². The molecule has 1 aliphatic rings. The van der Waals surface area contributed by atoms with Crippen LogP contribution in [-0.4, -0.2) is 23.1 Å². The summed E-state index contributed by atoms with van der Waals surface area (Å²) in [5.74, 6) is 0.872. The van der Waals surface area contributed by atoms with Crippen molar-refractivity contribution in [2.45, 2.75) is 46.0 Å². The van der Waals surface area contributed by atoms with Crippen LogP contribution in [0.25, 0.3) is 0 Å². The molecule has 4 nitrogen and oxygen atoms in total. The lowest BCUT2D eigenvalue weighted by molar-refractivity contribution is 0.215. The van der Waals surface area contributed by atoms with Crippen LogP contribution in [0.2, 0.25) is 0 Å². The van der Waals surface area contributed by atoms with Crippen LogP contribution in [0.15, 0.2) is 6.20 Å². The fourth-order valence-corrected chi connectivity index (χ4v) is 2.66. The largest absolute Gasteiger partial charge is 0.368 e. The number of rotatable bonds is 4. The van der Waals surface area contributed by atoms with E-state index in [1.807, 2.05) is 20.0 Å². The van der Waals surface area contributed by atoms with Gasteiger partial charge in [0.25, 0.3) is 0 Å². The molecule has 1 heterocycles. The fraction of sp³-hybridized carbons (Fsp3) is 0.714. The Kier molecular flexibility index (Phi) is 4.17. The highest BCUT2D eigenvalue weighted by Gasteiger charge is 2.30. The molecule has 1 aliphatic carbocycles. The summed E-state index contributed by atoms with van der Waals surface area (Å²) in [7, 11) is 0. The quantitative estimate of drug-likeness (QED) is 0.859. The van der Waals surface area contributed by atoms with E-state index in [2.05, 4.69) is 15.3 Å². The minimum Gasteiger partial charge on any atom is -0.368 e. The summed E-state index contributed by atoms with van der Waals surface area (Å²) in [4.78, 5) is 8.84. The molecular formula is C14H24N4. The van der Waals surface area contributed by atoms with Crippen LogP contribution in [-0.2, 0) is 0 Å². The Morgan fingerprint density at radius 2 is 1.94 bits per heavy atom. The van der Waals surface area contributed by atoms with Gasteiger partial charge in [0.2, 0.25) is 0 Å². The molecule has 0 aliphatic heterocycles. The Morgan fingerprint density at radius 3 is 2.56 bits per heavy atom. The second-order valence-electron chi connectivity index (χ2n) is 5.54. The average molecular weight is 248 g/mol. The van der Waals surface area contributed by atoms with Crippen molar-refractivity contribution in [3.05, 3.63) is 17.6 Å². The second kappa shape index (κ2) is 5.65. The molecule has 0 radical (unpaired) electrons. The van der Waals surface area contributed by atoms with E-state index in [0.29, 0.717) is 0 Å². The van der Waals surface area contributed by atoms with Gasteiger partial charge in [-0.05, 0) is 38.6 Å². The van der Waals surface area contributed by atoms with Gasteiger partial charge in [-0.2, -0.15) is 0 Å². The number of anilines is 1. The van der Waals surface area contributed by atoms with Gasteiger partial charge in [0, 0.05) is 6.54 Å². The van der Waals surface area contributed by atoms with Crippen LogP contribution < -0.4 is 11.1 Å². The van der Waals surface area contributed by atoms with Crippen LogP contribution in [0.1, 0.15) is 43.5 Å². The van der Waals surface area contributed by atoms with Crippen LogP contribution in [0.3, 0.4) is 0 Å². The van der Waals surface area contributed by atoms with Crippen LogP contribution >= 0.6 is 0 Å². The van der Waals surface area contributed by atoms with Gasteiger partial charge in [0.15, 0.2) is 0 Å². The zero-order chi connectivity index (χ0) is 13.0. The first-order chi connectivity index (χ1) is 8.65. The standard InChI is InChI=1S/C14H24N4/c1-11-12(2)18-13(8-16-11)17-10-14(9-15)6-4-3-5-7-14/h8H,3-7,9-10,15H2,1-2H3,(H,17,18). The number of hydrogen-bond acceptors (Lipinski definition) is 4. The molecule has 18 heavy (non-hydrogen) atoms. The lowest BCUT2D eigenvalue weighted by Crippen LogP contribution is -2.39. The summed E-state index contributed by atoms with van der Waals surface area (Å²) in [5.41, 5.74) is 8.23. The van der Waals surface area contributed by atoms with Crippen LogP contribution in [0.5, 0.6) is 0 Å². The third-order valence-corrected chi connectivity index (χ3v) is 4.18. The van der Waals surface area contributed by atoms with Crippen molar-refractivity contribution in [3.8, 4) is 0 Å². The van der Waals surface area contributed by atoms with Gasteiger partial charge in [-0.1, -0.05) is 19.3 Å². The smallest absolute Gasteiger partial charge is 0.144 e. The third-order valence-electron chi connectivity index (χ3n) is 4.18. The molecule has 0 saturated heterocycles. The van der Waals surface area contributed by atoms with Crippen LogP contribution in [0.4, 0.5) is 5.82 Å². The maximum Gasteiger partial charge on any atom is 0.144 e. The Labute approximate surface area is 109 Å². The van der Waals surface area contributed by atoms with Crippen molar-refractivity contribution < 1.29 is 0 Å². The zero-order valence-electron chi connectivity index (χ0n) is 11.5. The number of nitrogens with zero attached hydrogens (tertiary/aromatic N) is 2. The van der Waals surface area contributed by atoms with Crippen molar-refractivity contribution in [1.29, 1.82) is 0 Å². The second-order valence-corrected chi connectivity index (χ2v) is 5.54. The van der Waals surface area contributed by atoms with E-state index in [0.717, 1.165) is 30.3 Å². The molecule has 1 aromatic rings. The molecule has 0 amide bonds. The van der Waals surface area contributed by atoms with Gasteiger partial charge in [-0.15, -0.1) is 0 Å². The first-order valence-corrected chi connectivity index (χ1v) is 6.89. The molecule has 0 aromatic carbocycles. The van der Waals surface area contributed by atoms with Crippen molar-refractivity contribution in [2.24, 2.45) is 11.1 Å². The van der Waals surface area contributed by atoms with E-state index in [1.165, 1.54) is 32.1 Å². The molecule has 3 N–H and O–H groups in total. The van der Waals surface area contributed by atoms with Gasteiger partial charge in [-0.3, -0.25) is 4.98 Å². The normalized spacial score (nSPS) is 18.6. The van der Waals surface area contributed by atoms with Crippen molar-refractivity contribution in [3.63, 3.8) is 0 Å². The Balaban J connectivity index is 1.98. The predicted molar refractivity (Wildman–Crippen MR) is 74.6 cm³/mol. The van der Waals surface area contributed by atoms with E-state index in [1.54, 1.807) is 0 Å². The van der Waals surface area contributed by atoms with Crippen molar-refractivity contribution in [2.75, 3.05) is 18.4 Å². The number of aryl methyl sites for hydroxylation is 2. The summed E-state index contributed by atoms with van der Waals surface area (Å²) >= 11 is 0. The number of nitrogens with two attached hydrogens (primary N) is 1. The maximum absolute atomic E-state index is 5.98. The first-order valence-electron chi connectivity index (χ1n) is 6.89. The number of hydrogen-bond donors (Lipinski definition) is 2. The first kappa shape index (κ1) is 13.3. The number of aromatic nitrogens is 2. The van der Waals surface area contributed by atoms with E-state index in [-0.39, 0.29) is 5.41 Å². The van der Waals surface area contributed by atoms with Gasteiger partial charge < -0.3 is 11.1 Å². The molecule has 1 saturated carbocycles. The van der Waals surface area contributed by atoms with Crippen molar-refractivity contribution >= 4 is 5.82 Å². The molecule has 1 fully saturated rings. The average Bonchev–Trinajstić information content (AvgIpc) is 2.41. The number of nitrogens with one attached hydrogen (secondary N) is 1. The van der Waals surface area contributed by atoms with Gasteiger partial charge in [0.05, 0.1) is 17.6 Å². The summed E-state index contributed by atoms with van der Waals surface area (Å²) in [6.07, 6.45) is 8.24. The van der Waals surface area contributed by atoms with E-state index < -0.39 is 0 Å². The maximum atomic E-state index is 5.98. The molecule has 0 atom stereocenters. The van der Waals surface area contributed by atoms with E-state index in [9.17, 15) is 0 Å².